The first kappa shape index (κ1) is 10.6. The smallest absolute Gasteiger partial charge is 0.120 e. The maximum Gasteiger partial charge on any atom is 0.120 e. The third kappa shape index (κ3) is 3.43. The Labute approximate surface area is 87.0 Å². The molecular formula is C9H10Cl2O2. The molecule has 1 rings (SSSR count). The lowest BCUT2D eigenvalue weighted by Gasteiger charge is -2.05. The van der Waals surface area contributed by atoms with Crippen molar-refractivity contribution in [2.45, 2.75) is 6.42 Å². The number of halogens is 2. The molecule has 0 atom stereocenters. The SMILES string of the molecule is OCCCOc1ccc(Cl)c(Cl)c1. The monoisotopic (exact) mass is 220 g/mol. The van der Waals surface area contributed by atoms with Gasteiger partial charge in [-0.1, -0.05) is 23.2 Å². The van der Waals surface area contributed by atoms with Gasteiger partial charge < -0.3 is 9.84 Å². The average Bonchev–Trinajstić information content (AvgIpc) is 2.12. The second-order valence-electron chi connectivity index (χ2n) is 2.50. The summed E-state index contributed by atoms with van der Waals surface area (Å²) < 4.78 is 5.28. The Hall–Kier alpha value is -0.440. The Morgan fingerprint density at radius 1 is 1.23 bits per heavy atom. The third-order valence-corrected chi connectivity index (χ3v) is 2.20. The standard InChI is InChI=1S/C9H10Cl2O2/c10-8-3-2-7(6-9(8)11)13-5-1-4-12/h2-3,6,12H,1,4-5H2. The number of ether oxygens (including phenoxy) is 1. The van der Waals surface area contributed by atoms with Crippen LogP contribution in [0.3, 0.4) is 0 Å². The van der Waals surface area contributed by atoms with Gasteiger partial charge in [0.1, 0.15) is 5.75 Å². The van der Waals surface area contributed by atoms with E-state index in [2.05, 4.69) is 0 Å². The maximum absolute atomic E-state index is 8.52. The van der Waals surface area contributed by atoms with Crippen LogP contribution in [0.1, 0.15) is 6.42 Å². The predicted molar refractivity (Wildman–Crippen MR) is 53.7 cm³/mol. The summed E-state index contributed by atoms with van der Waals surface area (Å²) in [4.78, 5) is 0. The van der Waals surface area contributed by atoms with Crippen LogP contribution in [0.2, 0.25) is 10.0 Å². The van der Waals surface area contributed by atoms with Crippen molar-refractivity contribution in [2.24, 2.45) is 0 Å². The van der Waals surface area contributed by atoms with Crippen molar-refractivity contribution in [1.29, 1.82) is 0 Å². The summed E-state index contributed by atoms with van der Waals surface area (Å²) in [7, 11) is 0. The van der Waals surface area contributed by atoms with E-state index in [-0.39, 0.29) is 6.61 Å². The highest BCUT2D eigenvalue weighted by molar-refractivity contribution is 6.42. The molecule has 0 aromatic heterocycles. The van der Waals surface area contributed by atoms with Crippen LogP contribution in [0, 0.1) is 0 Å². The summed E-state index contributed by atoms with van der Waals surface area (Å²) in [6, 6.07) is 5.07. The van der Waals surface area contributed by atoms with E-state index in [0.717, 1.165) is 0 Å². The number of rotatable bonds is 4. The molecule has 13 heavy (non-hydrogen) atoms. The van der Waals surface area contributed by atoms with Crippen molar-refractivity contribution < 1.29 is 9.84 Å². The molecule has 0 amide bonds. The lowest BCUT2D eigenvalue weighted by atomic mass is 10.3. The van der Waals surface area contributed by atoms with E-state index >= 15 is 0 Å². The quantitative estimate of drug-likeness (QED) is 0.792. The Kier molecular flexibility index (Phi) is 4.36. The molecule has 2 nitrogen and oxygen atoms in total. The van der Waals surface area contributed by atoms with Crippen LogP contribution in [0.4, 0.5) is 0 Å². The molecule has 0 spiro atoms. The molecule has 0 heterocycles. The van der Waals surface area contributed by atoms with Crippen LogP contribution in [0.5, 0.6) is 5.75 Å². The molecule has 4 heteroatoms. The molecule has 0 fully saturated rings. The van der Waals surface area contributed by atoms with E-state index in [1.807, 2.05) is 0 Å². The van der Waals surface area contributed by atoms with Crippen LogP contribution in [-0.2, 0) is 0 Å². The highest BCUT2D eigenvalue weighted by Crippen LogP contribution is 2.26. The van der Waals surface area contributed by atoms with Crippen LogP contribution in [0.25, 0.3) is 0 Å². The lowest BCUT2D eigenvalue weighted by molar-refractivity contribution is 0.233. The van der Waals surface area contributed by atoms with Gasteiger partial charge in [0.25, 0.3) is 0 Å². The van der Waals surface area contributed by atoms with E-state index in [1.54, 1.807) is 18.2 Å². The van der Waals surface area contributed by atoms with E-state index < -0.39 is 0 Å². The largest absolute Gasteiger partial charge is 0.493 e. The van der Waals surface area contributed by atoms with Crippen molar-refractivity contribution in [3.05, 3.63) is 28.2 Å². The van der Waals surface area contributed by atoms with Gasteiger partial charge in [0.2, 0.25) is 0 Å². The summed E-state index contributed by atoms with van der Waals surface area (Å²) in [5.41, 5.74) is 0. The second kappa shape index (κ2) is 5.32. The molecule has 0 unspecified atom stereocenters. The third-order valence-electron chi connectivity index (χ3n) is 1.46. The van der Waals surface area contributed by atoms with Crippen molar-refractivity contribution in [2.75, 3.05) is 13.2 Å². The van der Waals surface area contributed by atoms with Gasteiger partial charge >= 0.3 is 0 Å². The normalized spacial score (nSPS) is 10.1. The number of hydrogen-bond acceptors (Lipinski definition) is 2. The van der Waals surface area contributed by atoms with Gasteiger partial charge in [0.15, 0.2) is 0 Å². The van der Waals surface area contributed by atoms with Crippen LogP contribution >= 0.6 is 23.2 Å². The number of hydrogen-bond donors (Lipinski definition) is 1. The Balaban J connectivity index is 2.53. The summed E-state index contributed by atoms with van der Waals surface area (Å²) >= 11 is 11.5. The highest BCUT2D eigenvalue weighted by atomic mass is 35.5. The predicted octanol–water partition coefficient (Wildman–Crippen LogP) is 2.75. The van der Waals surface area contributed by atoms with Gasteiger partial charge in [-0.25, -0.2) is 0 Å². The molecule has 0 saturated carbocycles. The zero-order valence-corrected chi connectivity index (χ0v) is 8.48. The zero-order valence-electron chi connectivity index (χ0n) is 6.96. The molecule has 0 aliphatic rings. The Morgan fingerprint density at radius 2 is 2.00 bits per heavy atom. The van der Waals surface area contributed by atoms with Crippen LogP contribution < -0.4 is 4.74 Å². The molecule has 72 valence electrons. The fourth-order valence-electron chi connectivity index (χ4n) is 0.821. The number of aliphatic hydroxyl groups is 1. The minimum absolute atomic E-state index is 0.126. The number of benzene rings is 1. The molecule has 0 saturated heterocycles. The van der Waals surface area contributed by atoms with Gasteiger partial charge in [0.05, 0.1) is 16.7 Å². The fourth-order valence-corrected chi connectivity index (χ4v) is 1.11. The van der Waals surface area contributed by atoms with Crippen LogP contribution in [-0.4, -0.2) is 18.3 Å². The molecule has 0 bridgehead atoms. The van der Waals surface area contributed by atoms with Gasteiger partial charge in [-0.2, -0.15) is 0 Å². The van der Waals surface area contributed by atoms with E-state index in [1.165, 1.54) is 0 Å². The maximum atomic E-state index is 8.52. The van der Waals surface area contributed by atoms with Crippen molar-refractivity contribution in [3.63, 3.8) is 0 Å². The minimum atomic E-state index is 0.126. The van der Waals surface area contributed by atoms with Gasteiger partial charge in [-0.05, 0) is 12.1 Å². The van der Waals surface area contributed by atoms with Crippen molar-refractivity contribution in [3.8, 4) is 5.75 Å². The molecule has 0 radical (unpaired) electrons. The summed E-state index contributed by atoms with van der Waals surface area (Å²) in [6.45, 7) is 0.607. The lowest BCUT2D eigenvalue weighted by Crippen LogP contribution is -1.99. The van der Waals surface area contributed by atoms with Gasteiger partial charge in [-0.15, -0.1) is 0 Å². The first-order valence-electron chi connectivity index (χ1n) is 3.93. The summed E-state index contributed by atoms with van der Waals surface area (Å²) in [5.74, 6) is 0.669. The summed E-state index contributed by atoms with van der Waals surface area (Å²) in [5, 5.41) is 9.50. The van der Waals surface area contributed by atoms with Crippen molar-refractivity contribution >= 4 is 23.2 Å². The van der Waals surface area contributed by atoms with Crippen molar-refractivity contribution in [1.82, 2.24) is 0 Å². The van der Waals surface area contributed by atoms with Crippen LogP contribution in [0.15, 0.2) is 18.2 Å². The van der Waals surface area contributed by atoms with Gasteiger partial charge in [0, 0.05) is 19.1 Å². The molecule has 0 aliphatic carbocycles. The highest BCUT2D eigenvalue weighted by Gasteiger charge is 1.99. The summed E-state index contributed by atoms with van der Waals surface area (Å²) in [6.07, 6.45) is 0.611. The number of aliphatic hydroxyl groups excluding tert-OH is 1. The van der Waals surface area contributed by atoms with Gasteiger partial charge in [-0.3, -0.25) is 0 Å². The minimum Gasteiger partial charge on any atom is -0.493 e. The van der Waals surface area contributed by atoms with E-state index in [0.29, 0.717) is 28.8 Å². The van der Waals surface area contributed by atoms with E-state index in [9.17, 15) is 0 Å². The zero-order chi connectivity index (χ0) is 9.68. The van der Waals surface area contributed by atoms with E-state index in [4.69, 9.17) is 33.0 Å². The average molecular weight is 221 g/mol. The molecule has 1 N–H and O–H groups in total. The molecule has 1 aromatic rings. The molecule has 1 aromatic carbocycles. The second-order valence-corrected chi connectivity index (χ2v) is 3.32. The first-order valence-corrected chi connectivity index (χ1v) is 4.68. The molecular weight excluding hydrogens is 211 g/mol. The molecule has 0 aliphatic heterocycles. The topological polar surface area (TPSA) is 29.5 Å². The fraction of sp³-hybridized carbons (Fsp3) is 0.333. The Morgan fingerprint density at radius 3 is 2.62 bits per heavy atom. The first-order chi connectivity index (χ1) is 6.24. The Bertz CT molecular complexity index is 276.